The van der Waals surface area contributed by atoms with Gasteiger partial charge >= 0.3 is 0 Å². The number of hydrogen-bond donors (Lipinski definition) is 1. The van der Waals surface area contributed by atoms with Gasteiger partial charge in [-0.25, -0.2) is 4.98 Å². The Kier molecular flexibility index (Phi) is 4.34. The molecule has 0 atom stereocenters. The Hall–Kier alpha value is -1.62. The molecule has 3 rings (SSSR count). The van der Waals surface area contributed by atoms with Crippen LogP contribution in [0.4, 0.5) is 5.13 Å². The van der Waals surface area contributed by atoms with Gasteiger partial charge in [-0.05, 0) is 36.2 Å². The van der Waals surface area contributed by atoms with Gasteiger partial charge in [0.1, 0.15) is 0 Å². The van der Waals surface area contributed by atoms with Gasteiger partial charge in [-0.2, -0.15) is 0 Å². The summed E-state index contributed by atoms with van der Waals surface area (Å²) in [5.74, 6) is -0.293. The van der Waals surface area contributed by atoms with Gasteiger partial charge in [0.05, 0.1) is 20.8 Å². The van der Waals surface area contributed by atoms with Gasteiger partial charge in [0.15, 0.2) is 5.13 Å². The molecule has 0 radical (unpaired) electrons. The molecule has 0 spiro atoms. The number of rotatable bonds is 3. The zero-order valence-corrected chi connectivity index (χ0v) is 14.0. The molecule has 1 amide bonds. The van der Waals surface area contributed by atoms with E-state index >= 15 is 0 Å². The Labute approximate surface area is 141 Å². The number of aromatic nitrogens is 1. The number of benzene rings is 2. The number of nitrogens with zero attached hydrogens (tertiary/aromatic N) is 1. The fourth-order valence-electron chi connectivity index (χ4n) is 2.18. The molecule has 0 aliphatic carbocycles. The summed E-state index contributed by atoms with van der Waals surface area (Å²) in [6.45, 7) is 2.08. The van der Waals surface area contributed by atoms with E-state index in [0.29, 0.717) is 20.7 Å². The number of carbonyl (C=O) groups is 1. The number of para-hydroxylation sites is 1. The van der Waals surface area contributed by atoms with Crippen molar-refractivity contribution in [1.29, 1.82) is 0 Å². The normalized spacial score (nSPS) is 10.9. The number of anilines is 1. The lowest BCUT2D eigenvalue weighted by Crippen LogP contribution is -2.12. The topological polar surface area (TPSA) is 42.0 Å². The van der Waals surface area contributed by atoms with Crippen LogP contribution in [0, 0.1) is 0 Å². The second-order valence-electron chi connectivity index (χ2n) is 4.71. The van der Waals surface area contributed by atoms with Crippen LogP contribution in [0.15, 0.2) is 36.4 Å². The zero-order chi connectivity index (χ0) is 15.7. The molecule has 1 aromatic heterocycles. The van der Waals surface area contributed by atoms with Crippen molar-refractivity contribution in [3.8, 4) is 0 Å². The van der Waals surface area contributed by atoms with E-state index in [1.54, 1.807) is 18.2 Å². The highest BCUT2D eigenvalue weighted by Gasteiger charge is 2.14. The molecule has 3 aromatic rings. The Balaban J connectivity index is 1.91. The highest BCUT2D eigenvalue weighted by molar-refractivity contribution is 7.22. The third-order valence-corrected chi connectivity index (χ3v) is 4.76. The number of nitrogens with one attached hydrogen (secondary N) is 1. The van der Waals surface area contributed by atoms with Gasteiger partial charge in [-0.3, -0.25) is 10.1 Å². The van der Waals surface area contributed by atoms with E-state index in [2.05, 4.69) is 17.2 Å². The summed E-state index contributed by atoms with van der Waals surface area (Å²) in [5, 5.41) is 4.18. The third-order valence-electron chi connectivity index (χ3n) is 3.28. The van der Waals surface area contributed by atoms with Crippen molar-refractivity contribution >= 4 is 55.8 Å². The summed E-state index contributed by atoms with van der Waals surface area (Å²) in [4.78, 5) is 16.8. The first-order valence-electron chi connectivity index (χ1n) is 6.73. The van der Waals surface area contributed by atoms with E-state index in [1.165, 1.54) is 16.9 Å². The molecule has 22 heavy (non-hydrogen) atoms. The van der Waals surface area contributed by atoms with E-state index in [-0.39, 0.29) is 5.91 Å². The summed E-state index contributed by atoms with van der Waals surface area (Å²) in [6.07, 6.45) is 0.900. The molecular weight excluding hydrogens is 339 g/mol. The Morgan fingerprint density at radius 3 is 2.82 bits per heavy atom. The Morgan fingerprint density at radius 2 is 2.09 bits per heavy atom. The molecule has 0 fully saturated rings. The molecule has 2 aromatic carbocycles. The number of thiazole rings is 1. The van der Waals surface area contributed by atoms with Crippen LogP contribution in [0.5, 0.6) is 0 Å². The molecule has 0 saturated heterocycles. The maximum Gasteiger partial charge on any atom is 0.258 e. The number of carbonyl (C=O) groups excluding carboxylic acids is 1. The fraction of sp³-hybridized carbons (Fsp3) is 0.125. The van der Waals surface area contributed by atoms with Crippen molar-refractivity contribution in [3.05, 3.63) is 57.6 Å². The molecule has 1 heterocycles. The van der Waals surface area contributed by atoms with Crippen LogP contribution in [0.1, 0.15) is 22.8 Å². The van der Waals surface area contributed by atoms with Crippen LogP contribution < -0.4 is 5.32 Å². The number of halogens is 2. The number of hydrogen-bond acceptors (Lipinski definition) is 3. The number of aryl methyl sites for hydroxylation is 1. The van der Waals surface area contributed by atoms with Crippen LogP contribution in [0.25, 0.3) is 10.2 Å². The van der Waals surface area contributed by atoms with E-state index in [9.17, 15) is 4.79 Å². The second-order valence-corrected chi connectivity index (χ2v) is 6.59. The molecule has 1 N–H and O–H groups in total. The first kappa shape index (κ1) is 15.3. The minimum absolute atomic E-state index is 0.293. The largest absolute Gasteiger partial charge is 0.298 e. The lowest BCUT2D eigenvalue weighted by molar-refractivity contribution is 0.102. The van der Waals surface area contributed by atoms with Crippen LogP contribution >= 0.6 is 34.5 Å². The molecule has 6 heteroatoms. The van der Waals surface area contributed by atoms with Crippen molar-refractivity contribution in [3.63, 3.8) is 0 Å². The van der Waals surface area contributed by atoms with Crippen LogP contribution in [0.2, 0.25) is 10.0 Å². The lowest BCUT2D eigenvalue weighted by Gasteiger charge is -2.04. The predicted molar refractivity (Wildman–Crippen MR) is 93.4 cm³/mol. The maximum absolute atomic E-state index is 12.3. The highest BCUT2D eigenvalue weighted by atomic mass is 35.5. The van der Waals surface area contributed by atoms with Gasteiger partial charge in [0, 0.05) is 5.02 Å². The van der Waals surface area contributed by atoms with Gasteiger partial charge < -0.3 is 0 Å². The first-order valence-corrected chi connectivity index (χ1v) is 8.30. The van der Waals surface area contributed by atoms with Gasteiger partial charge in [0.2, 0.25) is 0 Å². The highest BCUT2D eigenvalue weighted by Crippen LogP contribution is 2.29. The molecule has 0 aliphatic heterocycles. The maximum atomic E-state index is 12.3. The molecule has 112 valence electrons. The lowest BCUT2D eigenvalue weighted by atomic mass is 10.1. The number of fused-ring (bicyclic) bond motifs is 1. The minimum atomic E-state index is -0.293. The van der Waals surface area contributed by atoms with E-state index in [4.69, 9.17) is 23.2 Å². The second kappa shape index (κ2) is 6.24. The molecule has 0 unspecified atom stereocenters. The molecule has 0 bridgehead atoms. The van der Waals surface area contributed by atoms with Crippen molar-refractivity contribution < 1.29 is 4.79 Å². The first-order chi connectivity index (χ1) is 10.6. The smallest absolute Gasteiger partial charge is 0.258 e. The standard InChI is InChI=1S/C16H12Cl2N2OS/c1-2-9-4-3-5-13-14(9)19-16(22-13)20-15(21)11-7-6-10(17)8-12(11)18/h3-8H,2H2,1H3,(H,19,20,21). The zero-order valence-electron chi connectivity index (χ0n) is 11.7. The number of amides is 1. The summed E-state index contributed by atoms with van der Waals surface area (Å²) in [5.41, 5.74) is 2.48. The van der Waals surface area contributed by atoms with Crippen molar-refractivity contribution in [2.24, 2.45) is 0 Å². The minimum Gasteiger partial charge on any atom is -0.298 e. The summed E-state index contributed by atoms with van der Waals surface area (Å²) >= 11 is 13.3. The van der Waals surface area contributed by atoms with Gasteiger partial charge in [-0.1, -0.05) is 53.6 Å². The van der Waals surface area contributed by atoms with E-state index in [1.807, 2.05) is 18.2 Å². The average Bonchev–Trinajstić information content (AvgIpc) is 2.89. The van der Waals surface area contributed by atoms with Gasteiger partial charge in [-0.15, -0.1) is 0 Å². The summed E-state index contributed by atoms with van der Waals surface area (Å²) in [7, 11) is 0. The third kappa shape index (κ3) is 2.95. The SMILES string of the molecule is CCc1cccc2sc(NC(=O)c3ccc(Cl)cc3Cl)nc12. The van der Waals surface area contributed by atoms with E-state index in [0.717, 1.165) is 16.6 Å². The monoisotopic (exact) mass is 350 g/mol. The summed E-state index contributed by atoms with van der Waals surface area (Å²) in [6, 6.07) is 10.8. The van der Waals surface area contributed by atoms with Crippen LogP contribution in [-0.4, -0.2) is 10.9 Å². The Bertz CT molecular complexity index is 860. The van der Waals surface area contributed by atoms with Gasteiger partial charge in [0.25, 0.3) is 5.91 Å². The molecule has 0 aliphatic rings. The Morgan fingerprint density at radius 1 is 1.27 bits per heavy atom. The quantitative estimate of drug-likeness (QED) is 0.685. The fourth-order valence-corrected chi connectivity index (χ4v) is 3.59. The molecular formula is C16H12Cl2N2OS. The van der Waals surface area contributed by atoms with Crippen LogP contribution in [0.3, 0.4) is 0 Å². The predicted octanol–water partition coefficient (Wildman–Crippen LogP) is 5.42. The molecule has 0 saturated carbocycles. The van der Waals surface area contributed by atoms with Crippen LogP contribution in [-0.2, 0) is 6.42 Å². The van der Waals surface area contributed by atoms with Crippen molar-refractivity contribution in [1.82, 2.24) is 4.98 Å². The average molecular weight is 351 g/mol. The summed E-state index contributed by atoms with van der Waals surface area (Å²) < 4.78 is 1.05. The molecule has 3 nitrogen and oxygen atoms in total. The van der Waals surface area contributed by atoms with Crippen molar-refractivity contribution in [2.75, 3.05) is 5.32 Å². The van der Waals surface area contributed by atoms with E-state index < -0.39 is 0 Å². The van der Waals surface area contributed by atoms with Crippen molar-refractivity contribution in [2.45, 2.75) is 13.3 Å².